The zero-order valence-electron chi connectivity index (χ0n) is 56.6. The Morgan fingerprint density at radius 3 is 0.509 bits per heavy atom. The van der Waals surface area contributed by atoms with Gasteiger partial charge in [0.1, 0.15) is 37.9 Å². The maximum absolute atomic E-state index is 14.3. The van der Waals surface area contributed by atoms with Crippen LogP contribution in [0.3, 0.4) is 0 Å². The van der Waals surface area contributed by atoms with Crippen molar-refractivity contribution in [2.75, 3.05) is 106 Å². The number of pyridine rings is 4. The molecule has 20 aliphatic heterocycles. The predicted octanol–water partition coefficient (Wildman–Crippen LogP) is 21.8. The largest absolute Gasteiger partial charge is 0.491 e. The fraction of sp³-hybridized carbons (Fsp3) is 0.312. The fourth-order valence-corrected chi connectivity index (χ4v) is 8.77. The Morgan fingerprint density at radius 2 is 0.345 bits per heavy atom. The summed E-state index contributed by atoms with van der Waals surface area (Å²) in [6.07, 6.45) is 17.4. The molecular weight excluding hydrogens is 1640 g/mol. The van der Waals surface area contributed by atoms with Gasteiger partial charge in [0.25, 0.3) is 0 Å². The molecule has 4 aromatic heterocycles. The third-order valence-corrected chi connectivity index (χ3v) is 13.2. The smallest absolute Gasteiger partial charge is 0.207 e. The molecule has 16 bridgehead atoms. The minimum Gasteiger partial charge on any atom is -0.491 e. The minimum absolute atomic E-state index is 0.0985. The van der Waals surface area contributed by atoms with Crippen LogP contribution in [0.4, 0.5) is 118 Å². The maximum atomic E-state index is 14.3. The van der Waals surface area contributed by atoms with E-state index in [0.717, 1.165) is 26.2 Å². The van der Waals surface area contributed by atoms with Crippen molar-refractivity contribution in [3.8, 4) is 45.3 Å². The molecule has 0 atom stereocenters. The third-order valence-electron chi connectivity index (χ3n) is 13.2. The molecule has 0 aliphatic carbocycles. The first-order valence-electron chi connectivity index (χ1n) is 31.4. The first-order valence-corrected chi connectivity index (χ1v) is 39.5. The van der Waals surface area contributed by atoms with Crippen molar-refractivity contribution in [3.63, 3.8) is 0 Å². The van der Waals surface area contributed by atoms with Crippen LogP contribution in [0.2, 0.25) is 0 Å². The van der Waals surface area contributed by atoms with E-state index in [2.05, 4.69) is 165 Å². The van der Waals surface area contributed by atoms with Gasteiger partial charge in [-0.1, -0.05) is 48.5 Å². The molecule has 46 heteroatoms. The molecule has 620 valence electrons. The Kier molecular flexibility index (Phi) is 29.6. The van der Waals surface area contributed by atoms with E-state index in [1.165, 1.54) is 44.5 Å². The van der Waals surface area contributed by atoms with Crippen molar-refractivity contribution in [2.24, 2.45) is 0 Å². The summed E-state index contributed by atoms with van der Waals surface area (Å²) in [5, 5.41) is 0. The van der Waals surface area contributed by atoms with Gasteiger partial charge >= 0.3 is 132 Å². The zero-order chi connectivity index (χ0) is 82.2. The number of hydrogen-bond acceptors (Lipinski definition) is 10. The van der Waals surface area contributed by atoms with E-state index in [9.17, 15) is 118 Å². The van der Waals surface area contributed by atoms with E-state index in [0.29, 0.717) is 64.4 Å². The minimum atomic E-state index is -10.7. The topological polar surface area (TPSA) is 108 Å². The van der Waals surface area contributed by atoms with Gasteiger partial charge in [0, 0.05) is 70.8 Å². The number of rotatable bonds is 0. The summed E-state index contributed by atoms with van der Waals surface area (Å²) in [7, 11) is -42.6. The average molecular weight is 1710 g/mol. The van der Waals surface area contributed by atoms with Crippen molar-refractivity contribution in [2.45, 2.75) is 26.2 Å². The van der Waals surface area contributed by atoms with Gasteiger partial charge in [0.2, 0.25) is 23.3 Å². The Bertz CT molecular complexity index is 3670. The number of nitrogens with zero attached hydrogens (tertiary/aromatic N) is 4. The monoisotopic (exact) mass is 1710 g/mol. The molecule has 0 unspecified atom stereocenters. The molecule has 110 heavy (non-hydrogen) atoms. The zero-order valence-corrected chi connectivity index (χ0v) is 60.1. The molecule has 0 saturated carbocycles. The quantitative estimate of drug-likeness (QED) is 0.0630. The Balaban J connectivity index is 0.000000292. The first-order chi connectivity index (χ1) is 50.1. The number of ether oxygens (including phenoxy) is 10. The number of halogens is 28. The number of hydrogen-bond donors (Lipinski definition) is 0. The normalized spacial score (nSPS) is 17.6. The predicted molar refractivity (Wildman–Crippen MR) is 348 cm³/mol. The Labute approximate surface area is 607 Å². The van der Waals surface area contributed by atoms with Crippen LogP contribution in [-0.4, -0.2) is 106 Å². The van der Waals surface area contributed by atoms with E-state index in [-0.39, 0.29) is 52.9 Å². The average Bonchev–Trinajstić information content (AvgIpc) is 0.802. The second-order valence-electron chi connectivity index (χ2n) is 23.0. The molecule has 0 radical (unpaired) electrons. The molecule has 24 heterocycles. The van der Waals surface area contributed by atoms with Gasteiger partial charge in [-0.05, 0) is 46.5 Å². The summed E-state index contributed by atoms with van der Waals surface area (Å²) in [4.78, 5) is 0. The molecule has 0 N–H and O–H groups in total. The molecule has 0 amide bonds. The second kappa shape index (κ2) is 35.1. The van der Waals surface area contributed by atoms with E-state index in [4.69, 9.17) is 47.4 Å². The van der Waals surface area contributed by atoms with Gasteiger partial charge in [-0.2, -0.15) is 17.6 Å². The SMILES string of the molecule is F[P-](F)(F)(F)(F)F.F[P-](F)(F)(F)(F)F.F[P-](F)(F)(F)(F)F.F[P-](F)(F)(F)(F)F.Fc1c(F)c2c(F)c(F)c1OCCOCCOCCOCCOc1ccc(cc1)OCCOCCOCCOCCO2.c1cc2ccc1C[n+]1ccc(cc1)-c1cc[n+](cc1)Cc1ccc(cc1)C[n+]1ccc(cc1)-c1cc[n+](cc1)C2. The van der Waals surface area contributed by atoms with E-state index >= 15 is 0 Å². The molecule has 0 spiro atoms. The van der Waals surface area contributed by atoms with Crippen molar-refractivity contribution in [3.05, 3.63) is 216 Å². The summed E-state index contributed by atoms with van der Waals surface area (Å²) in [6, 6.07) is 42.7. The first kappa shape index (κ1) is 92.8. The molecule has 0 fully saturated rings. The van der Waals surface area contributed by atoms with Crippen molar-refractivity contribution >= 4 is 31.2 Å². The van der Waals surface area contributed by atoms with Crippen LogP contribution in [-0.2, 0) is 54.6 Å². The maximum Gasteiger partial charge on any atom is 0.207 e. The molecule has 4 aromatic carbocycles. The van der Waals surface area contributed by atoms with E-state index < -0.39 is 66.0 Å². The summed E-state index contributed by atoms with van der Waals surface area (Å²) in [6.45, 7) is 6.06. The fourth-order valence-electron chi connectivity index (χ4n) is 8.77. The van der Waals surface area contributed by atoms with E-state index in [1.807, 2.05) is 0 Å². The van der Waals surface area contributed by atoms with Gasteiger partial charge < -0.3 is 47.4 Å². The van der Waals surface area contributed by atoms with Gasteiger partial charge in [0.05, 0.1) is 79.3 Å². The van der Waals surface area contributed by atoms with Crippen LogP contribution in [0.15, 0.2) is 171 Å². The molecule has 14 nitrogen and oxygen atoms in total. The van der Waals surface area contributed by atoms with Crippen LogP contribution in [0, 0.1) is 23.3 Å². The second-order valence-corrected chi connectivity index (χ2v) is 30.6. The molecular formula is C64H68F28N4O10P4. The van der Waals surface area contributed by atoms with Crippen LogP contribution < -0.4 is 37.2 Å². The summed E-state index contributed by atoms with van der Waals surface area (Å²) < 4.78 is 356. The van der Waals surface area contributed by atoms with Gasteiger partial charge in [-0.15, -0.1) is 0 Å². The summed E-state index contributed by atoms with van der Waals surface area (Å²) in [5.41, 5.74) is 10.1. The van der Waals surface area contributed by atoms with Gasteiger partial charge in [0.15, 0.2) is 87.3 Å². The number of aromatic nitrogens is 4. The number of benzene rings is 4. The van der Waals surface area contributed by atoms with Crippen molar-refractivity contribution in [1.82, 2.24) is 0 Å². The van der Waals surface area contributed by atoms with Crippen LogP contribution in [0.5, 0.6) is 23.0 Å². The Morgan fingerprint density at radius 1 is 0.200 bits per heavy atom. The van der Waals surface area contributed by atoms with Gasteiger partial charge in [-0.25, -0.2) is 18.3 Å². The van der Waals surface area contributed by atoms with Crippen LogP contribution >= 0.6 is 31.2 Å². The van der Waals surface area contributed by atoms with Crippen LogP contribution in [0.1, 0.15) is 22.3 Å². The molecule has 8 aromatic rings. The van der Waals surface area contributed by atoms with Gasteiger partial charge in [-0.3, -0.25) is 0 Å². The Hall–Kier alpha value is -7.80. The summed E-state index contributed by atoms with van der Waals surface area (Å²) in [5.74, 6) is -7.88. The third kappa shape index (κ3) is 48.8. The molecule has 28 rings (SSSR count). The molecule has 0 saturated heterocycles. The van der Waals surface area contributed by atoms with E-state index in [1.54, 1.807) is 24.3 Å². The molecule has 20 aliphatic rings. The van der Waals surface area contributed by atoms with Crippen molar-refractivity contribution < 1.29 is 184 Å². The van der Waals surface area contributed by atoms with Crippen molar-refractivity contribution in [1.29, 1.82) is 0 Å². The van der Waals surface area contributed by atoms with Crippen LogP contribution in [0.25, 0.3) is 22.3 Å². The standard InChI is InChI=1S/C36H32N4.C28H36F4O10.4F6P/c1-2-30-4-3-29(1)25-37-17-9-33(10-18-37)35-13-21-39(22-14-35)27-31-5-7-32(8-6-31)28-40-23-15-36(16-24-40)34-11-19-38(26-30)20-12-34;29-23-25(31)28-26(32)24(30)27(23)41-19-15-37-11-7-33-5-9-35-13-17-39-21-1-2-22(4-3-21)40-18-14-36-10-6-34-8-12-38-16-20-42-28;4*1-7(2,3,4,5)6/h1-24H,25-28H2;1-4H,5-20H2;;;;/q+4;;4*-1. The summed E-state index contributed by atoms with van der Waals surface area (Å²) >= 11 is 0.